The number of carbonyl (C=O) groups is 1. The standard InChI is InChI=1S/C18H12ClF3N8O/c1-9-2-3-24-12(6-9)29-15(18(20,21)22)13(16(23)31)14(28-29)10-7-11(19)17(25-8-10)30-26-4-5-27-30/h2-8H,1H3,(H2,23,31). The molecule has 0 atom stereocenters. The Hall–Kier alpha value is -3.80. The Kier molecular flexibility index (Phi) is 4.93. The van der Waals surface area contributed by atoms with Gasteiger partial charge in [0.2, 0.25) is 0 Å². The Bertz CT molecular complexity index is 1280. The zero-order valence-electron chi connectivity index (χ0n) is 15.7. The minimum Gasteiger partial charge on any atom is -0.365 e. The first-order valence-corrected chi connectivity index (χ1v) is 9.00. The van der Waals surface area contributed by atoms with E-state index in [1.54, 1.807) is 13.0 Å². The van der Waals surface area contributed by atoms with Gasteiger partial charge in [0.15, 0.2) is 17.3 Å². The molecule has 0 saturated heterocycles. The number of nitrogens with zero attached hydrogens (tertiary/aromatic N) is 7. The first kappa shape index (κ1) is 20.5. The van der Waals surface area contributed by atoms with Gasteiger partial charge in [-0.25, -0.2) is 14.6 Å². The fourth-order valence-electron chi connectivity index (χ4n) is 2.95. The molecule has 0 aliphatic rings. The molecule has 0 bridgehead atoms. The highest BCUT2D eigenvalue weighted by Crippen LogP contribution is 2.38. The molecule has 13 heteroatoms. The van der Waals surface area contributed by atoms with E-state index in [1.165, 1.54) is 36.9 Å². The van der Waals surface area contributed by atoms with E-state index in [1.807, 2.05) is 0 Å². The molecule has 31 heavy (non-hydrogen) atoms. The number of hydrogen-bond acceptors (Lipinski definition) is 6. The van der Waals surface area contributed by atoms with Crippen molar-refractivity contribution in [2.45, 2.75) is 13.1 Å². The van der Waals surface area contributed by atoms with Crippen LogP contribution < -0.4 is 5.73 Å². The molecule has 0 radical (unpaired) electrons. The summed E-state index contributed by atoms with van der Waals surface area (Å²) in [5.41, 5.74) is 3.52. The number of rotatable bonds is 4. The zero-order chi connectivity index (χ0) is 22.3. The van der Waals surface area contributed by atoms with Gasteiger partial charge in [-0.2, -0.15) is 28.5 Å². The van der Waals surface area contributed by atoms with Crippen LogP contribution in [0.4, 0.5) is 13.2 Å². The molecule has 0 unspecified atom stereocenters. The summed E-state index contributed by atoms with van der Waals surface area (Å²) in [5.74, 6) is -1.29. The number of alkyl halides is 3. The Morgan fingerprint density at radius 3 is 2.42 bits per heavy atom. The second-order valence-electron chi connectivity index (χ2n) is 6.39. The van der Waals surface area contributed by atoms with Crippen LogP contribution in [0.5, 0.6) is 0 Å². The lowest BCUT2D eigenvalue weighted by molar-refractivity contribution is -0.143. The van der Waals surface area contributed by atoms with E-state index in [2.05, 4.69) is 25.3 Å². The predicted molar refractivity (Wildman–Crippen MR) is 103 cm³/mol. The number of halogens is 4. The molecule has 0 fully saturated rings. The van der Waals surface area contributed by atoms with Crippen molar-refractivity contribution in [3.05, 3.63) is 64.8 Å². The van der Waals surface area contributed by atoms with Crippen molar-refractivity contribution in [1.82, 2.24) is 34.7 Å². The van der Waals surface area contributed by atoms with Crippen LogP contribution in [0.3, 0.4) is 0 Å². The maximum atomic E-state index is 14.0. The van der Waals surface area contributed by atoms with Crippen LogP contribution in [0.2, 0.25) is 5.02 Å². The van der Waals surface area contributed by atoms with Crippen molar-refractivity contribution >= 4 is 17.5 Å². The van der Waals surface area contributed by atoms with Crippen LogP contribution in [-0.2, 0) is 6.18 Å². The highest BCUT2D eigenvalue weighted by atomic mass is 35.5. The van der Waals surface area contributed by atoms with Crippen LogP contribution >= 0.6 is 11.6 Å². The number of primary amides is 1. The Labute approximate surface area is 177 Å². The third kappa shape index (κ3) is 3.72. The molecule has 158 valence electrons. The van der Waals surface area contributed by atoms with E-state index < -0.39 is 23.3 Å². The second-order valence-corrected chi connectivity index (χ2v) is 6.79. The number of aromatic nitrogens is 7. The van der Waals surface area contributed by atoms with Gasteiger partial charge in [-0.05, 0) is 30.7 Å². The van der Waals surface area contributed by atoms with Gasteiger partial charge in [-0.3, -0.25) is 4.79 Å². The number of amides is 1. The smallest absolute Gasteiger partial charge is 0.365 e. The van der Waals surface area contributed by atoms with Crippen LogP contribution in [-0.4, -0.2) is 40.6 Å². The first-order valence-electron chi connectivity index (χ1n) is 8.62. The summed E-state index contributed by atoms with van der Waals surface area (Å²) >= 11 is 6.23. The molecular weight excluding hydrogens is 437 g/mol. The molecule has 4 heterocycles. The molecule has 0 spiro atoms. The monoisotopic (exact) mass is 448 g/mol. The normalized spacial score (nSPS) is 11.6. The molecule has 0 aliphatic heterocycles. The number of carbonyl (C=O) groups excluding carboxylic acids is 1. The summed E-state index contributed by atoms with van der Waals surface area (Å²) in [6.07, 6.45) is 0.400. The Morgan fingerprint density at radius 1 is 1.13 bits per heavy atom. The lowest BCUT2D eigenvalue weighted by atomic mass is 10.1. The molecule has 4 aromatic heterocycles. The van der Waals surface area contributed by atoms with Gasteiger partial charge >= 0.3 is 6.18 Å². The predicted octanol–water partition coefficient (Wildman–Crippen LogP) is 2.99. The summed E-state index contributed by atoms with van der Waals surface area (Å²) in [5, 5.41) is 11.8. The minimum absolute atomic E-state index is 0.0286. The Morgan fingerprint density at radius 2 is 1.84 bits per heavy atom. The summed E-state index contributed by atoms with van der Waals surface area (Å²) in [4.78, 5) is 21.3. The van der Waals surface area contributed by atoms with Crippen molar-refractivity contribution in [2.24, 2.45) is 5.73 Å². The van der Waals surface area contributed by atoms with Crippen LogP contribution in [0.1, 0.15) is 21.6 Å². The highest BCUT2D eigenvalue weighted by molar-refractivity contribution is 6.32. The van der Waals surface area contributed by atoms with E-state index in [4.69, 9.17) is 17.3 Å². The molecular formula is C18H12ClF3N8O. The topological polar surface area (TPSA) is 117 Å². The molecule has 2 N–H and O–H groups in total. The maximum Gasteiger partial charge on any atom is 0.434 e. The number of hydrogen-bond donors (Lipinski definition) is 1. The number of pyridine rings is 2. The van der Waals surface area contributed by atoms with E-state index in [9.17, 15) is 18.0 Å². The average molecular weight is 449 g/mol. The summed E-state index contributed by atoms with van der Waals surface area (Å²) in [7, 11) is 0. The van der Waals surface area contributed by atoms with Crippen LogP contribution in [0.25, 0.3) is 22.9 Å². The zero-order valence-corrected chi connectivity index (χ0v) is 16.4. The SMILES string of the molecule is Cc1ccnc(-n2nc(-c3cnc(-n4nccn4)c(Cl)c3)c(C(N)=O)c2C(F)(F)F)c1. The third-order valence-corrected chi connectivity index (χ3v) is 4.50. The fourth-order valence-corrected chi connectivity index (χ4v) is 3.19. The average Bonchev–Trinajstić information content (AvgIpc) is 3.35. The van der Waals surface area contributed by atoms with Gasteiger partial charge < -0.3 is 5.73 Å². The second kappa shape index (κ2) is 7.47. The van der Waals surface area contributed by atoms with Crippen molar-refractivity contribution < 1.29 is 18.0 Å². The quantitative estimate of drug-likeness (QED) is 0.513. The largest absolute Gasteiger partial charge is 0.434 e. The van der Waals surface area contributed by atoms with Crippen molar-refractivity contribution in [3.63, 3.8) is 0 Å². The number of nitrogens with two attached hydrogens (primary N) is 1. The molecule has 4 aromatic rings. The summed E-state index contributed by atoms with van der Waals surface area (Å²) in [6.45, 7) is 1.68. The molecule has 4 rings (SSSR count). The fraction of sp³-hybridized carbons (Fsp3) is 0.111. The third-order valence-electron chi connectivity index (χ3n) is 4.22. The molecule has 0 aromatic carbocycles. The highest BCUT2D eigenvalue weighted by Gasteiger charge is 2.42. The summed E-state index contributed by atoms with van der Waals surface area (Å²) in [6, 6.07) is 4.31. The molecule has 9 nitrogen and oxygen atoms in total. The van der Waals surface area contributed by atoms with E-state index in [0.717, 1.165) is 4.80 Å². The van der Waals surface area contributed by atoms with Gasteiger partial charge in [-0.1, -0.05) is 11.6 Å². The van der Waals surface area contributed by atoms with Gasteiger partial charge in [-0.15, -0.1) is 4.80 Å². The first-order chi connectivity index (χ1) is 14.7. The van der Waals surface area contributed by atoms with Crippen LogP contribution in [0.15, 0.2) is 43.0 Å². The van der Waals surface area contributed by atoms with E-state index in [0.29, 0.717) is 10.2 Å². The lowest BCUT2D eigenvalue weighted by Crippen LogP contribution is -2.21. The molecule has 0 saturated carbocycles. The van der Waals surface area contributed by atoms with Gasteiger partial charge in [0.05, 0.1) is 23.0 Å². The van der Waals surface area contributed by atoms with E-state index >= 15 is 0 Å². The number of aryl methyl sites for hydroxylation is 1. The van der Waals surface area contributed by atoms with Crippen LogP contribution in [0, 0.1) is 6.92 Å². The molecule has 1 amide bonds. The van der Waals surface area contributed by atoms with Gasteiger partial charge in [0, 0.05) is 18.0 Å². The minimum atomic E-state index is -4.95. The van der Waals surface area contributed by atoms with Crippen molar-refractivity contribution in [2.75, 3.05) is 0 Å². The summed E-state index contributed by atoms with van der Waals surface area (Å²) < 4.78 is 42.4. The van der Waals surface area contributed by atoms with Gasteiger partial charge in [0.1, 0.15) is 5.69 Å². The Balaban J connectivity index is 1.97. The van der Waals surface area contributed by atoms with Gasteiger partial charge in [0.25, 0.3) is 5.91 Å². The molecule has 0 aliphatic carbocycles. The van der Waals surface area contributed by atoms with Crippen molar-refractivity contribution in [3.8, 4) is 22.9 Å². The van der Waals surface area contributed by atoms with E-state index in [-0.39, 0.29) is 27.9 Å². The van der Waals surface area contributed by atoms with Crippen molar-refractivity contribution in [1.29, 1.82) is 0 Å². The lowest BCUT2D eigenvalue weighted by Gasteiger charge is -2.11. The maximum absolute atomic E-state index is 14.0.